The Bertz CT molecular complexity index is 1010. The smallest absolute Gasteiger partial charge is 0.234 e. The maximum absolute atomic E-state index is 14.6. The number of hydrogen-bond acceptors (Lipinski definition) is 4. The fraction of sp³-hybridized carbons (Fsp3) is 0.300. The molecule has 0 spiro atoms. The van der Waals surface area contributed by atoms with Crippen LogP contribution in [-0.2, 0) is 23.5 Å². The molecule has 0 unspecified atom stereocenters. The molecule has 0 saturated carbocycles. The zero-order chi connectivity index (χ0) is 18.8. The number of nitrogens with zero attached hydrogens (tertiary/aromatic N) is 2. The molecule has 156 valence electrons. The van der Waals surface area contributed by atoms with Crippen LogP contribution in [-0.4, -0.2) is 27.6 Å². The Labute approximate surface area is 185 Å². The SMILES string of the molecule is Cc1ccc2nc(CSCC(=O)Nc3ccc4c(c3F)CCNC4)cn2c1.Cl.Cl. The summed E-state index contributed by atoms with van der Waals surface area (Å²) in [6.45, 7) is 3.47. The van der Waals surface area contributed by atoms with Gasteiger partial charge < -0.3 is 15.0 Å². The fourth-order valence-corrected chi connectivity index (χ4v) is 4.00. The summed E-state index contributed by atoms with van der Waals surface area (Å²) in [7, 11) is 0. The van der Waals surface area contributed by atoms with Gasteiger partial charge >= 0.3 is 0 Å². The minimum Gasteiger partial charge on any atom is -0.323 e. The van der Waals surface area contributed by atoms with Gasteiger partial charge in [-0.05, 0) is 48.7 Å². The number of thioether (sulfide) groups is 1. The van der Waals surface area contributed by atoms with E-state index in [1.54, 1.807) is 6.07 Å². The van der Waals surface area contributed by atoms with Gasteiger partial charge in [0.15, 0.2) is 0 Å². The highest BCUT2D eigenvalue weighted by Crippen LogP contribution is 2.25. The lowest BCUT2D eigenvalue weighted by molar-refractivity contribution is -0.113. The van der Waals surface area contributed by atoms with Crippen LogP contribution in [0.4, 0.5) is 10.1 Å². The van der Waals surface area contributed by atoms with Crippen molar-refractivity contribution < 1.29 is 9.18 Å². The van der Waals surface area contributed by atoms with Gasteiger partial charge in [-0.25, -0.2) is 9.37 Å². The minimum absolute atomic E-state index is 0. The highest BCUT2D eigenvalue weighted by Gasteiger charge is 2.17. The minimum atomic E-state index is -0.303. The normalized spacial score (nSPS) is 12.6. The van der Waals surface area contributed by atoms with Crippen LogP contribution in [0.15, 0.2) is 36.7 Å². The van der Waals surface area contributed by atoms with Crippen molar-refractivity contribution in [1.29, 1.82) is 0 Å². The maximum atomic E-state index is 14.6. The van der Waals surface area contributed by atoms with Crippen molar-refractivity contribution in [2.45, 2.75) is 25.6 Å². The summed E-state index contributed by atoms with van der Waals surface area (Å²) in [5.74, 6) is 0.382. The summed E-state index contributed by atoms with van der Waals surface area (Å²) in [6.07, 6.45) is 4.65. The number of nitrogens with one attached hydrogen (secondary N) is 2. The van der Waals surface area contributed by atoms with Crippen LogP contribution in [0.25, 0.3) is 5.65 Å². The summed E-state index contributed by atoms with van der Waals surface area (Å²) < 4.78 is 16.6. The molecule has 2 aromatic heterocycles. The predicted octanol–water partition coefficient (Wildman–Crippen LogP) is 4.14. The summed E-state index contributed by atoms with van der Waals surface area (Å²) in [5.41, 5.74) is 4.93. The second-order valence-electron chi connectivity index (χ2n) is 6.74. The molecule has 2 N–H and O–H groups in total. The molecule has 1 aliphatic heterocycles. The van der Waals surface area contributed by atoms with E-state index in [4.69, 9.17) is 0 Å². The number of pyridine rings is 1. The molecule has 29 heavy (non-hydrogen) atoms. The Hall–Kier alpha value is -1.80. The van der Waals surface area contributed by atoms with Crippen LogP contribution in [0, 0.1) is 12.7 Å². The quantitative estimate of drug-likeness (QED) is 0.605. The number of benzene rings is 1. The number of amides is 1. The van der Waals surface area contributed by atoms with E-state index in [-0.39, 0.29) is 48.0 Å². The molecule has 0 bridgehead atoms. The van der Waals surface area contributed by atoms with E-state index in [0.29, 0.717) is 24.3 Å². The van der Waals surface area contributed by atoms with Crippen molar-refractivity contribution in [3.63, 3.8) is 0 Å². The highest BCUT2D eigenvalue weighted by molar-refractivity contribution is 7.99. The number of hydrogen-bond donors (Lipinski definition) is 2. The van der Waals surface area contributed by atoms with Crippen molar-refractivity contribution in [3.05, 3.63) is 64.9 Å². The molecule has 5 nitrogen and oxygen atoms in total. The first-order valence-electron chi connectivity index (χ1n) is 8.93. The van der Waals surface area contributed by atoms with E-state index in [2.05, 4.69) is 15.6 Å². The van der Waals surface area contributed by atoms with Crippen molar-refractivity contribution >= 4 is 53.8 Å². The van der Waals surface area contributed by atoms with Crippen LogP contribution in [0.2, 0.25) is 0 Å². The second kappa shape index (κ2) is 10.3. The Morgan fingerprint density at radius 2 is 2.10 bits per heavy atom. The molecule has 1 aromatic carbocycles. The predicted molar refractivity (Wildman–Crippen MR) is 121 cm³/mol. The number of rotatable bonds is 5. The number of aromatic nitrogens is 2. The number of imidazole rings is 1. The first-order valence-corrected chi connectivity index (χ1v) is 10.1. The number of carbonyl (C=O) groups is 1. The molecule has 9 heteroatoms. The van der Waals surface area contributed by atoms with Crippen molar-refractivity contribution in [2.24, 2.45) is 0 Å². The zero-order valence-electron chi connectivity index (χ0n) is 15.9. The van der Waals surface area contributed by atoms with E-state index >= 15 is 0 Å². The summed E-state index contributed by atoms with van der Waals surface area (Å²) in [5, 5.41) is 5.92. The van der Waals surface area contributed by atoms with Crippen LogP contribution < -0.4 is 10.6 Å². The van der Waals surface area contributed by atoms with Gasteiger partial charge in [-0.3, -0.25) is 4.79 Å². The summed E-state index contributed by atoms with van der Waals surface area (Å²) in [6, 6.07) is 7.53. The standard InChI is InChI=1S/C20H21FN4OS.2ClH/c1-13-2-5-18-23-15(10-25(18)9-13)11-27-12-19(26)24-17-4-3-14-8-22-7-6-16(14)20(17)21;;/h2-5,9-10,22H,6-8,11-12H2,1H3,(H,24,26);2*1H. The van der Waals surface area contributed by atoms with E-state index in [1.807, 2.05) is 41.9 Å². The summed E-state index contributed by atoms with van der Waals surface area (Å²) >= 11 is 1.47. The largest absolute Gasteiger partial charge is 0.323 e. The van der Waals surface area contributed by atoms with Gasteiger partial charge in [-0.15, -0.1) is 36.6 Å². The van der Waals surface area contributed by atoms with Crippen LogP contribution >= 0.6 is 36.6 Å². The second-order valence-corrected chi connectivity index (χ2v) is 7.72. The number of anilines is 1. The van der Waals surface area contributed by atoms with Crippen LogP contribution in [0.5, 0.6) is 0 Å². The molecule has 0 aliphatic carbocycles. The van der Waals surface area contributed by atoms with E-state index in [0.717, 1.165) is 23.4 Å². The molecule has 3 aromatic rings. The lowest BCUT2D eigenvalue weighted by Gasteiger charge is -2.19. The molecule has 0 atom stereocenters. The van der Waals surface area contributed by atoms with Gasteiger partial charge in [-0.2, -0.15) is 0 Å². The highest BCUT2D eigenvalue weighted by atomic mass is 35.5. The van der Waals surface area contributed by atoms with Gasteiger partial charge in [0, 0.05) is 24.7 Å². The lowest BCUT2D eigenvalue weighted by Crippen LogP contribution is -2.25. The van der Waals surface area contributed by atoms with Gasteiger partial charge in [-0.1, -0.05) is 12.1 Å². The molecule has 1 amide bonds. The molecular formula is C20H23Cl2FN4OS. The lowest BCUT2D eigenvalue weighted by atomic mass is 9.99. The van der Waals surface area contributed by atoms with Gasteiger partial charge in [0.2, 0.25) is 5.91 Å². The maximum Gasteiger partial charge on any atom is 0.234 e. The molecule has 4 rings (SSSR count). The van der Waals surface area contributed by atoms with Crippen molar-refractivity contribution in [3.8, 4) is 0 Å². The monoisotopic (exact) mass is 456 g/mol. The topological polar surface area (TPSA) is 58.4 Å². The first-order chi connectivity index (χ1) is 13.1. The Balaban J connectivity index is 0.00000150. The Morgan fingerprint density at radius 1 is 1.28 bits per heavy atom. The van der Waals surface area contributed by atoms with E-state index in [1.165, 1.54) is 17.3 Å². The van der Waals surface area contributed by atoms with Gasteiger partial charge in [0.1, 0.15) is 11.5 Å². The molecule has 0 saturated heterocycles. The molecule has 1 aliphatic rings. The molecular weight excluding hydrogens is 434 g/mol. The third-order valence-corrected chi connectivity index (χ3v) is 5.58. The van der Waals surface area contributed by atoms with Gasteiger partial charge in [0.05, 0.1) is 17.1 Å². The number of aryl methyl sites for hydroxylation is 1. The molecule has 3 heterocycles. The third-order valence-electron chi connectivity index (χ3n) is 4.61. The van der Waals surface area contributed by atoms with E-state index in [9.17, 15) is 9.18 Å². The van der Waals surface area contributed by atoms with Gasteiger partial charge in [0.25, 0.3) is 0 Å². The summed E-state index contributed by atoms with van der Waals surface area (Å²) in [4.78, 5) is 16.7. The molecule has 0 fully saturated rings. The van der Waals surface area contributed by atoms with Crippen LogP contribution in [0.1, 0.15) is 22.4 Å². The number of carbonyl (C=O) groups excluding carboxylic acids is 1. The number of fused-ring (bicyclic) bond motifs is 2. The van der Waals surface area contributed by atoms with Crippen LogP contribution in [0.3, 0.4) is 0 Å². The average molecular weight is 457 g/mol. The Morgan fingerprint density at radius 3 is 2.93 bits per heavy atom. The number of halogens is 3. The Kier molecular flexibility index (Phi) is 8.34. The zero-order valence-corrected chi connectivity index (χ0v) is 18.4. The van der Waals surface area contributed by atoms with E-state index < -0.39 is 0 Å². The fourth-order valence-electron chi connectivity index (χ4n) is 3.29. The first kappa shape index (κ1) is 23.5. The molecule has 0 radical (unpaired) electrons. The van der Waals surface area contributed by atoms with Crippen molar-refractivity contribution in [2.75, 3.05) is 17.6 Å². The average Bonchev–Trinajstić information content (AvgIpc) is 3.06. The third kappa shape index (κ3) is 5.42. The van der Waals surface area contributed by atoms with Crippen molar-refractivity contribution in [1.82, 2.24) is 14.7 Å².